The number of benzene rings is 1. The number of nitrogens with zero attached hydrogens (tertiary/aromatic N) is 7. The van der Waals surface area contributed by atoms with E-state index in [1.165, 1.54) is 37.2 Å². The molecule has 2 aliphatic rings. The number of methoxy groups -OCH3 is 1. The van der Waals surface area contributed by atoms with Gasteiger partial charge < -0.3 is 9.64 Å². The van der Waals surface area contributed by atoms with Crippen LogP contribution >= 0.6 is 11.8 Å². The van der Waals surface area contributed by atoms with E-state index in [1.807, 2.05) is 30.3 Å². The maximum absolute atomic E-state index is 13.8. The molecule has 2 saturated heterocycles. The Balaban J connectivity index is 1.37. The maximum atomic E-state index is 13.8. The summed E-state index contributed by atoms with van der Waals surface area (Å²) in [6.07, 6.45) is 8.54. The van der Waals surface area contributed by atoms with Crippen LogP contribution in [-0.2, 0) is 4.74 Å². The molecule has 0 saturated carbocycles. The monoisotopic (exact) mass is 541 g/mol. The van der Waals surface area contributed by atoms with Crippen LogP contribution in [0.4, 0.5) is 9.18 Å². The lowest BCUT2D eigenvalue weighted by Crippen LogP contribution is -2.47. The highest BCUT2D eigenvalue weighted by Gasteiger charge is 2.44. The smallest absolute Gasteiger partial charge is 0.409 e. The second kappa shape index (κ2) is 9.75. The maximum Gasteiger partial charge on any atom is 0.409 e. The summed E-state index contributed by atoms with van der Waals surface area (Å²) in [5.41, 5.74) is 4.03. The van der Waals surface area contributed by atoms with Gasteiger partial charge >= 0.3 is 6.09 Å². The number of halogens is 1. The zero-order chi connectivity index (χ0) is 27.3. The Morgan fingerprint density at radius 1 is 1.05 bits per heavy atom. The summed E-state index contributed by atoms with van der Waals surface area (Å²) in [5, 5.41) is 28.4. The van der Waals surface area contributed by atoms with E-state index in [0.717, 1.165) is 47.4 Å². The molecule has 2 aliphatic heterocycles. The van der Waals surface area contributed by atoms with Crippen molar-refractivity contribution in [2.45, 2.75) is 60.5 Å². The summed E-state index contributed by atoms with van der Waals surface area (Å²) >= 11 is 1.30. The number of aromatic nitrogens is 4. The topological polar surface area (TPSA) is 112 Å². The van der Waals surface area contributed by atoms with Gasteiger partial charge in [0.05, 0.1) is 42.2 Å². The highest BCUT2D eigenvalue weighted by Crippen LogP contribution is 2.43. The van der Waals surface area contributed by atoms with Crippen molar-refractivity contribution in [3.63, 3.8) is 0 Å². The van der Waals surface area contributed by atoms with Crippen LogP contribution in [0.25, 0.3) is 16.6 Å². The number of rotatable bonds is 4. The summed E-state index contributed by atoms with van der Waals surface area (Å²) < 4.78 is 22.5. The van der Waals surface area contributed by atoms with Gasteiger partial charge in [-0.2, -0.15) is 20.7 Å². The molecule has 9 nitrogen and oxygen atoms in total. The van der Waals surface area contributed by atoms with E-state index in [-0.39, 0.29) is 29.8 Å². The molecule has 1 aromatic carbocycles. The minimum Gasteiger partial charge on any atom is -0.453 e. The molecule has 1 amide bonds. The second-order valence-electron chi connectivity index (χ2n) is 9.89. The quantitative estimate of drug-likeness (QED) is 0.337. The van der Waals surface area contributed by atoms with Gasteiger partial charge in [-0.1, -0.05) is 11.8 Å². The highest BCUT2D eigenvalue weighted by atomic mass is 32.2. The molecular weight excluding hydrogens is 517 g/mol. The van der Waals surface area contributed by atoms with Crippen molar-refractivity contribution in [3.8, 4) is 23.3 Å². The van der Waals surface area contributed by atoms with Gasteiger partial charge in [0, 0.05) is 44.9 Å². The van der Waals surface area contributed by atoms with Gasteiger partial charge in [-0.05, 0) is 56.9 Å². The normalized spacial score (nSPS) is 20.1. The molecule has 0 N–H and O–H groups in total. The van der Waals surface area contributed by atoms with Gasteiger partial charge in [-0.25, -0.2) is 13.7 Å². The molecule has 0 radical (unpaired) electrons. The van der Waals surface area contributed by atoms with Crippen LogP contribution in [0.1, 0.15) is 48.5 Å². The van der Waals surface area contributed by atoms with Crippen molar-refractivity contribution in [2.75, 3.05) is 7.11 Å². The van der Waals surface area contributed by atoms with Crippen LogP contribution in [0, 0.1) is 35.4 Å². The van der Waals surface area contributed by atoms with Crippen molar-refractivity contribution >= 4 is 23.4 Å². The number of nitriles is 2. The third kappa shape index (κ3) is 4.19. The Kier molecular flexibility index (Phi) is 6.24. The van der Waals surface area contributed by atoms with Crippen molar-refractivity contribution in [2.24, 2.45) is 0 Å². The fraction of sp³-hybridized carbons (Fsp3) is 0.321. The van der Waals surface area contributed by atoms with Crippen molar-refractivity contribution < 1.29 is 13.9 Å². The lowest BCUT2D eigenvalue weighted by atomic mass is 9.97. The average Bonchev–Trinajstić information content (AvgIpc) is 3.62. The Labute approximate surface area is 228 Å². The standard InChI is InChI=1S/C28H24FN7O2S/c1-16-24(14-33-36(16)23-9-21-4-5-22(10-23)35(21)28(37)38-2)18-8-26(27-19(12-31)13-32-34(27)15-18)39-25-6-3-20(29)7-17(25)11-30/h3,6-8,13-15,21-23H,4-5,9-10H2,1-2H3/t21-,22+,23?. The predicted molar refractivity (Wildman–Crippen MR) is 140 cm³/mol. The van der Waals surface area contributed by atoms with E-state index >= 15 is 0 Å². The Bertz CT molecular complexity index is 1680. The summed E-state index contributed by atoms with van der Waals surface area (Å²) in [4.78, 5) is 15.5. The van der Waals surface area contributed by atoms with Crippen LogP contribution in [0.3, 0.4) is 0 Å². The van der Waals surface area contributed by atoms with Gasteiger partial charge in [0.15, 0.2) is 0 Å². The SMILES string of the molecule is COC(=O)N1[C@@H]2CC[C@H]1CC(n1ncc(-c3cc(Sc4ccc(F)cc4C#N)c4c(C#N)cnn4c3)c1C)C2. The van der Waals surface area contributed by atoms with E-state index in [9.17, 15) is 19.7 Å². The van der Waals surface area contributed by atoms with E-state index in [4.69, 9.17) is 9.84 Å². The molecule has 0 aliphatic carbocycles. The molecule has 6 rings (SSSR count). The van der Waals surface area contributed by atoms with E-state index in [1.54, 1.807) is 10.6 Å². The van der Waals surface area contributed by atoms with Crippen LogP contribution in [0.15, 0.2) is 52.6 Å². The third-order valence-corrected chi connectivity index (χ3v) is 8.88. The molecule has 4 aromatic rings. The van der Waals surface area contributed by atoms with Gasteiger partial charge in [0.2, 0.25) is 0 Å². The fourth-order valence-electron chi connectivity index (χ4n) is 6.01. The molecule has 0 spiro atoms. The minimum absolute atomic E-state index is 0.145. The summed E-state index contributed by atoms with van der Waals surface area (Å²) in [7, 11) is 1.43. The molecule has 3 atom stereocenters. The molecule has 11 heteroatoms. The van der Waals surface area contributed by atoms with E-state index in [2.05, 4.69) is 21.9 Å². The first-order valence-electron chi connectivity index (χ1n) is 12.6. The number of fused-ring (bicyclic) bond motifs is 3. The van der Waals surface area contributed by atoms with E-state index < -0.39 is 5.82 Å². The number of ether oxygens (including phenoxy) is 1. The first-order chi connectivity index (χ1) is 18.9. The number of piperidine rings is 1. The number of amides is 1. The van der Waals surface area contributed by atoms with Crippen molar-refractivity contribution in [1.29, 1.82) is 10.5 Å². The Morgan fingerprint density at radius 2 is 1.79 bits per heavy atom. The summed E-state index contributed by atoms with van der Waals surface area (Å²) in [5.74, 6) is -0.481. The summed E-state index contributed by atoms with van der Waals surface area (Å²) in [6.45, 7) is 2.03. The zero-order valence-corrected chi connectivity index (χ0v) is 22.2. The van der Waals surface area contributed by atoms with Crippen LogP contribution in [0.2, 0.25) is 0 Å². The highest BCUT2D eigenvalue weighted by molar-refractivity contribution is 7.99. The van der Waals surface area contributed by atoms with Gasteiger partial charge in [0.25, 0.3) is 0 Å². The zero-order valence-electron chi connectivity index (χ0n) is 21.3. The first-order valence-corrected chi connectivity index (χ1v) is 13.4. The Morgan fingerprint density at radius 3 is 2.49 bits per heavy atom. The average molecular weight is 542 g/mol. The predicted octanol–water partition coefficient (Wildman–Crippen LogP) is 5.47. The fourth-order valence-corrected chi connectivity index (χ4v) is 7.09. The van der Waals surface area contributed by atoms with Crippen molar-refractivity contribution in [1.82, 2.24) is 24.3 Å². The van der Waals surface area contributed by atoms with Gasteiger partial charge in [0.1, 0.15) is 18.0 Å². The van der Waals surface area contributed by atoms with Crippen LogP contribution in [0.5, 0.6) is 0 Å². The molecular formula is C28H24FN7O2S. The second-order valence-corrected chi connectivity index (χ2v) is 11.0. The number of hydrogen-bond donors (Lipinski definition) is 0. The molecule has 2 fully saturated rings. The first kappa shape index (κ1) is 25.0. The molecule has 3 aromatic heterocycles. The number of carbonyl (C=O) groups excluding carboxylic acids is 1. The number of pyridine rings is 1. The lowest BCUT2D eigenvalue weighted by molar-refractivity contribution is 0.0706. The molecule has 2 bridgehead atoms. The third-order valence-electron chi connectivity index (χ3n) is 7.77. The minimum atomic E-state index is -0.481. The van der Waals surface area contributed by atoms with Crippen molar-refractivity contribution in [3.05, 3.63) is 65.5 Å². The molecule has 1 unspecified atom stereocenters. The lowest BCUT2D eigenvalue weighted by Gasteiger charge is -2.38. The van der Waals surface area contributed by atoms with Crippen LogP contribution in [-0.4, -0.2) is 49.6 Å². The van der Waals surface area contributed by atoms with E-state index in [0.29, 0.717) is 16.0 Å². The molecule has 196 valence electrons. The number of hydrogen-bond acceptors (Lipinski definition) is 7. The van der Waals surface area contributed by atoms with Gasteiger partial charge in [-0.3, -0.25) is 4.68 Å². The van der Waals surface area contributed by atoms with Gasteiger partial charge in [-0.15, -0.1) is 0 Å². The molecule has 39 heavy (non-hydrogen) atoms. The molecule has 5 heterocycles. The Hall–Kier alpha value is -4.35. The largest absolute Gasteiger partial charge is 0.453 e. The summed E-state index contributed by atoms with van der Waals surface area (Å²) in [6, 6.07) is 10.8. The number of carbonyl (C=O) groups is 1. The van der Waals surface area contributed by atoms with Crippen LogP contribution < -0.4 is 0 Å².